The van der Waals surface area contributed by atoms with Crippen molar-refractivity contribution in [1.29, 1.82) is 0 Å². The van der Waals surface area contributed by atoms with Crippen molar-refractivity contribution in [2.45, 2.75) is 6.61 Å². The van der Waals surface area contributed by atoms with Crippen molar-refractivity contribution in [1.82, 2.24) is 9.55 Å². The summed E-state index contributed by atoms with van der Waals surface area (Å²) in [5, 5.41) is 0. The first kappa shape index (κ1) is 12.0. The van der Waals surface area contributed by atoms with Crippen LogP contribution in [0.3, 0.4) is 0 Å². The van der Waals surface area contributed by atoms with Crippen molar-refractivity contribution in [3.8, 4) is 11.5 Å². The zero-order valence-electron chi connectivity index (χ0n) is 9.68. The summed E-state index contributed by atoms with van der Waals surface area (Å²) in [4.78, 5) is 4.29. The Bertz CT molecular complexity index is 494. The zero-order chi connectivity index (χ0) is 12.3. The van der Waals surface area contributed by atoms with E-state index >= 15 is 0 Å². The zero-order valence-corrected chi connectivity index (χ0v) is 11.3. The molecule has 90 valence electrons. The molecule has 0 aliphatic heterocycles. The second kappa shape index (κ2) is 5.23. The molecule has 0 N–H and O–H groups in total. The maximum Gasteiger partial charge on any atom is 0.147 e. The molecule has 4 nitrogen and oxygen atoms in total. The SMILES string of the molecule is COc1ccc(OCc2nc(Br)cn2C)cc1. The number of methoxy groups -OCH3 is 1. The van der Waals surface area contributed by atoms with Crippen LogP contribution in [-0.4, -0.2) is 16.7 Å². The van der Waals surface area contributed by atoms with E-state index in [1.54, 1.807) is 7.11 Å². The molecule has 2 rings (SSSR count). The largest absolute Gasteiger partial charge is 0.497 e. The van der Waals surface area contributed by atoms with Crippen LogP contribution >= 0.6 is 15.9 Å². The fourth-order valence-electron chi connectivity index (χ4n) is 1.42. The highest BCUT2D eigenvalue weighted by atomic mass is 79.9. The van der Waals surface area contributed by atoms with E-state index in [0.29, 0.717) is 6.61 Å². The smallest absolute Gasteiger partial charge is 0.147 e. The van der Waals surface area contributed by atoms with Crippen molar-refractivity contribution in [3.05, 3.63) is 40.9 Å². The summed E-state index contributed by atoms with van der Waals surface area (Å²) in [6, 6.07) is 7.47. The lowest BCUT2D eigenvalue weighted by molar-refractivity contribution is 0.291. The summed E-state index contributed by atoms with van der Waals surface area (Å²) in [5.41, 5.74) is 0. The molecule has 0 aliphatic rings. The van der Waals surface area contributed by atoms with Gasteiger partial charge in [0.1, 0.15) is 28.5 Å². The van der Waals surface area contributed by atoms with Crippen LogP contribution in [0.2, 0.25) is 0 Å². The minimum atomic E-state index is 0.439. The van der Waals surface area contributed by atoms with Crippen molar-refractivity contribution in [3.63, 3.8) is 0 Å². The minimum absolute atomic E-state index is 0.439. The third kappa shape index (κ3) is 3.00. The average Bonchev–Trinajstić information content (AvgIpc) is 2.66. The maximum absolute atomic E-state index is 5.63. The summed E-state index contributed by atoms with van der Waals surface area (Å²) in [6.45, 7) is 0.439. The number of nitrogens with zero attached hydrogens (tertiary/aromatic N) is 2. The molecule has 0 radical (unpaired) electrons. The van der Waals surface area contributed by atoms with Crippen molar-refractivity contribution < 1.29 is 9.47 Å². The van der Waals surface area contributed by atoms with E-state index in [4.69, 9.17) is 9.47 Å². The third-order valence-corrected chi connectivity index (χ3v) is 2.75. The summed E-state index contributed by atoms with van der Waals surface area (Å²) < 4.78 is 13.4. The van der Waals surface area contributed by atoms with Crippen LogP contribution in [0.25, 0.3) is 0 Å². The highest BCUT2D eigenvalue weighted by Crippen LogP contribution is 2.18. The molecule has 0 amide bonds. The topological polar surface area (TPSA) is 36.3 Å². The van der Waals surface area contributed by atoms with E-state index in [1.807, 2.05) is 42.1 Å². The lowest BCUT2D eigenvalue weighted by atomic mass is 10.3. The maximum atomic E-state index is 5.63. The van der Waals surface area contributed by atoms with Crippen LogP contribution in [0.1, 0.15) is 5.82 Å². The van der Waals surface area contributed by atoms with Crippen LogP contribution < -0.4 is 9.47 Å². The van der Waals surface area contributed by atoms with Crippen LogP contribution in [-0.2, 0) is 13.7 Å². The molecule has 0 bridgehead atoms. The van der Waals surface area contributed by atoms with Crippen LogP contribution in [0.15, 0.2) is 35.1 Å². The molecule has 0 unspecified atom stereocenters. The van der Waals surface area contributed by atoms with Gasteiger partial charge in [-0.2, -0.15) is 0 Å². The number of imidazole rings is 1. The Balaban J connectivity index is 1.99. The van der Waals surface area contributed by atoms with Gasteiger partial charge in [-0.05, 0) is 40.2 Å². The predicted molar refractivity (Wildman–Crippen MR) is 68.2 cm³/mol. The van der Waals surface area contributed by atoms with Crippen LogP contribution in [0, 0.1) is 0 Å². The van der Waals surface area contributed by atoms with Gasteiger partial charge in [0.05, 0.1) is 7.11 Å². The number of aryl methyl sites for hydroxylation is 1. The van der Waals surface area contributed by atoms with E-state index in [9.17, 15) is 0 Å². The Hall–Kier alpha value is -1.49. The number of halogens is 1. The molecule has 0 saturated heterocycles. The van der Waals surface area contributed by atoms with Gasteiger partial charge >= 0.3 is 0 Å². The molecule has 1 aromatic carbocycles. The molecule has 17 heavy (non-hydrogen) atoms. The summed E-state index contributed by atoms with van der Waals surface area (Å²) >= 11 is 3.32. The fourth-order valence-corrected chi connectivity index (χ4v) is 1.93. The number of hydrogen-bond donors (Lipinski definition) is 0. The molecule has 0 atom stereocenters. The highest BCUT2D eigenvalue weighted by Gasteiger charge is 2.04. The molecule has 2 aromatic rings. The highest BCUT2D eigenvalue weighted by molar-refractivity contribution is 9.10. The molecule has 0 aliphatic carbocycles. The van der Waals surface area contributed by atoms with Crippen molar-refractivity contribution >= 4 is 15.9 Å². The quantitative estimate of drug-likeness (QED) is 0.870. The number of rotatable bonds is 4. The Morgan fingerprint density at radius 2 is 1.88 bits per heavy atom. The van der Waals surface area contributed by atoms with Gasteiger partial charge in [0.15, 0.2) is 0 Å². The lowest BCUT2D eigenvalue weighted by Crippen LogP contribution is -2.02. The van der Waals surface area contributed by atoms with Gasteiger partial charge in [-0.1, -0.05) is 0 Å². The second-order valence-electron chi connectivity index (χ2n) is 3.55. The van der Waals surface area contributed by atoms with E-state index in [1.165, 1.54) is 0 Å². The Morgan fingerprint density at radius 1 is 1.24 bits per heavy atom. The molecular formula is C12H13BrN2O2. The molecule has 0 fully saturated rings. The first-order valence-corrected chi connectivity index (χ1v) is 5.93. The Labute approximate surface area is 108 Å². The number of benzene rings is 1. The number of hydrogen-bond acceptors (Lipinski definition) is 3. The van der Waals surface area contributed by atoms with E-state index in [2.05, 4.69) is 20.9 Å². The summed E-state index contributed by atoms with van der Waals surface area (Å²) in [7, 11) is 3.58. The third-order valence-electron chi connectivity index (χ3n) is 2.37. The fraction of sp³-hybridized carbons (Fsp3) is 0.250. The van der Waals surface area contributed by atoms with Crippen LogP contribution in [0.4, 0.5) is 0 Å². The van der Waals surface area contributed by atoms with Gasteiger partial charge in [-0.15, -0.1) is 0 Å². The van der Waals surface area contributed by atoms with Gasteiger partial charge in [0, 0.05) is 13.2 Å². The van der Waals surface area contributed by atoms with Gasteiger partial charge < -0.3 is 14.0 Å². The summed E-state index contributed by atoms with van der Waals surface area (Å²) in [5.74, 6) is 2.48. The lowest BCUT2D eigenvalue weighted by Gasteiger charge is -2.06. The molecular weight excluding hydrogens is 284 g/mol. The van der Waals surface area contributed by atoms with Gasteiger partial charge in [-0.3, -0.25) is 0 Å². The average molecular weight is 297 g/mol. The minimum Gasteiger partial charge on any atom is -0.497 e. The Kier molecular flexibility index (Phi) is 3.68. The number of ether oxygens (including phenoxy) is 2. The first-order chi connectivity index (χ1) is 8.19. The Morgan fingerprint density at radius 3 is 2.41 bits per heavy atom. The second-order valence-corrected chi connectivity index (χ2v) is 4.37. The van der Waals surface area contributed by atoms with Gasteiger partial charge in [-0.25, -0.2) is 4.98 Å². The van der Waals surface area contributed by atoms with Crippen molar-refractivity contribution in [2.75, 3.05) is 7.11 Å². The molecule has 0 saturated carbocycles. The van der Waals surface area contributed by atoms with Gasteiger partial charge in [0.2, 0.25) is 0 Å². The monoisotopic (exact) mass is 296 g/mol. The first-order valence-electron chi connectivity index (χ1n) is 5.13. The van der Waals surface area contributed by atoms with Crippen molar-refractivity contribution in [2.24, 2.45) is 7.05 Å². The van der Waals surface area contributed by atoms with E-state index in [-0.39, 0.29) is 0 Å². The van der Waals surface area contributed by atoms with E-state index in [0.717, 1.165) is 21.9 Å². The predicted octanol–water partition coefficient (Wildman–Crippen LogP) is 2.77. The van der Waals surface area contributed by atoms with Gasteiger partial charge in [0.25, 0.3) is 0 Å². The molecule has 1 aromatic heterocycles. The normalized spacial score (nSPS) is 10.3. The van der Waals surface area contributed by atoms with Crippen LogP contribution in [0.5, 0.6) is 11.5 Å². The molecule has 1 heterocycles. The number of aromatic nitrogens is 2. The molecule has 5 heteroatoms. The van der Waals surface area contributed by atoms with E-state index < -0.39 is 0 Å². The standard InChI is InChI=1S/C12H13BrN2O2/c1-15-7-11(13)14-12(15)8-17-10-5-3-9(16-2)4-6-10/h3-7H,8H2,1-2H3. The molecule has 0 spiro atoms. The summed E-state index contributed by atoms with van der Waals surface area (Å²) in [6.07, 6.45) is 1.90.